The maximum atomic E-state index is 2.59. The SMILES string of the molecule is c1ccc(N(c2ccccc2)c2ccc(-c3ccc4c(c3)-c3ccccc3B3c5ccccc5-c5cc(-c6ccc(N(c7ccccc7)c7ccccc7)cc6)ccc5N34)cc2)cc1. The Morgan fingerprint density at radius 1 is 0.250 bits per heavy atom. The number of rotatable bonds is 8. The molecule has 0 amide bonds. The Morgan fingerprint density at radius 3 is 0.906 bits per heavy atom. The fraction of sp³-hybridized carbons (Fsp3) is 0. The third kappa shape index (κ3) is 6.47. The van der Waals surface area contributed by atoms with Gasteiger partial charge >= 0.3 is 6.85 Å². The van der Waals surface area contributed by atoms with Gasteiger partial charge in [0.2, 0.25) is 0 Å². The Labute approximate surface area is 375 Å². The van der Waals surface area contributed by atoms with Crippen LogP contribution in [0.3, 0.4) is 0 Å². The second kappa shape index (κ2) is 15.8. The van der Waals surface area contributed by atoms with Crippen LogP contribution >= 0.6 is 0 Å². The van der Waals surface area contributed by atoms with Gasteiger partial charge in [-0.05, 0) is 141 Å². The minimum atomic E-state index is 0.0478. The Kier molecular flexibility index (Phi) is 9.27. The predicted molar refractivity (Wildman–Crippen MR) is 271 cm³/mol. The molecule has 3 nitrogen and oxygen atoms in total. The van der Waals surface area contributed by atoms with Gasteiger partial charge < -0.3 is 14.6 Å². The quantitative estimate of drug-likeness (QED) is 0.142. The van der Waals surface area contributed by atoms with Crippen molar-refractivity contribution in [2.45, 2.75) is 0 Å². The van der Waals surface area contributed by atoms with E-state index in [4.69, 9.17) is 0 Å². The molecule has 10 aromatic rings. The summed E-state index contributed by atoms with van der Waals surface area (Å²) in [6.07, 6.45) is 0. The van der Waals surface area contributed by atoms with Gasteiger partial charge in [-0.1, -0.05) is 158 Å². The van der Waals surface area contributed by atoms with E-state index in [1.807, 2.05) is 0 Å². The number of anilines is 8. The van der Waals surface area contributed by atoms with E-state index in [9.17, 15) is 0 Å². The van der Waals surface area contributed by atoms with E-state index in [1.54, 1.807) is 0 Å². The van der Waals surface area contributed by atoms with Crippen molar-refractivity contribution in [2.24, 2.45) is 0 Å². The molecular weight excluding hydrogens is 773 g/mol. The van der Waals surface area contributed by atoms with Gasteiger partial charge in [0.1, 0.15) is 0 Å². The van der Waals surface area contributed by atoms with E-state index in [-0.39, 0.29) is 6.85 Å². The zero-order valence-electron chi connectivity index (χ0n) is 35.2. The number of hydrogen-bond acceptors (Lipinski definition) is 3. The van der Waals surface area contributed by atoms with Gasteiger partial charge in [-0.25, -0.2) is 0 Å². The molecule has 0 fully saturated rings. The summed E-state index contributed by atoms with van der Waals surface area (Å²) in [4.78, 5) is 7.21. The summed E-state index contributed by atoms with van der Waals surface area (Å²) in [6.45, 7) is 0.0478. The number of hydrogen-bond donors (Lipinski definition) is 0. The lowest BCUT2D eigenvalue weighted by Gasteiger charge is -2.43. The summed E-state index contributed by atoms with van der Waals surface area (Å²) in [5.74, 6) is 0. The fourth-order valence-electron chi connectivity index (χ4n) is 9.91. The second-order valence-electron chi connectivity index (χ2n) is 16.5. The third-order valence-electron chi connectivity index (χ3n) is 12.8. The van der Waals surface area contributed by atoms with E-state index in [0.717, 1.165) is 34.1 Å². The van der Waals surface area contributed by atoms with Gasteiger partial charge in [-0.3, -0.25) is 0 Å². The molecule has 64 heavy (non-hydrogen) atoms. The van der Waals surface area contributed by atoms with Crippen molar-refractivity contribution in [2.75, 3.05) is 14.6 Å². The zero-order chi connectivity index (χ0) is 42.4. The van der Waals surface area contributed by atoms with E-state index in [0.29, 0.717) is 0 Å². The van der Waals surface area contributed by atoms with E-state index < -0.39 is 0 Å². The summed E-state index contributed by atoms with van der Waals surface area (Å²) in [7, 11) is 0. The molecule has 0 unspecified atom stereocenters. The molecule has 2 heterocycles. The smallest absolute Gasteiger partial charge is 0.329 e. The van der Waals surface area contributed by atoms with Gasteiger partial charge in [0.25, 0.3) is 0 Å². The summed E-state index contributed by atoms with van der Waals surface area (Å²) >= 11 is 0. The lowest BCUT2D eigenvalue weighted by molar-refractivity contribution is 1.28. The van der Waals surface area contributed by atoms with Crippen LogP contribution in [0.1, 0.15) is 0 Å². The van der Waals surface area contributed by atoms with Crippen LogP contribution in [0.2, 0.25) is 0 Å². The summed E-state index contributed by atoms with van der Waals surface area (Å²) in [6, 6.07) is 92.4. The maximum Gasteiger partial charge on any atom is 0.329 e. The first-order chi connectivity index (χ1) is 31.8. The van der Waals surface area contributed by atoms with Gasteiger partial charge in [0.05, 0.1) is 0 Å². The molecule has 0 N–H and O–H groups in total. The Bertz CT molecular complexity index is 2960. The van der Waals surface area contributed by atoms with E-state index in [2.05, 4.69) is 269 Å². The second-order valence-corrected chi connectivity index (χ2v) is 16.5. The van der Waals surface area contributed by atoms with Crippen molar-refractivity contribution in [3.63, 3.8) is 0 Å². The lowest BCUT2D eigenvalue weighted by Crippen LogP contribution is -2.59. The molecule has 0 bridgehead atoms. The summed E-state index contributed by atoms with van der Waals surface area (Å²) in [5.41, 5.74) is 21.6. The number of benzene rings is 10. The fourth-order valence-corrected chi connectivity index (χ4v) is 9.91. The number of nitrogens with zero attached hydrogens (tertiary/aromatic N) is 3. The molecule has 0 atom stereocenters. The standard InChI is InChI=1S/C60H42BN3/c1-5-17-47(18-6-1)62(48-19-7-2-8-20-48)51-35-29-43(30-36-51)45-33-39-59-55(41-45)53-25-13-15-27-57(53)61-58-28-16-14-26-54(58)56-42-46(34-40-60(56)64(59)61)44-31-37-52(38-32-44)63(49-21-9-3-10-22-49)50-23-11-4-12-24-50/h1-42H. The molecule has 0 saturated heterocycles. The molecule has 0 radical (unpaired) electrons. The Hall–Kier alpha value is -8.34. The predicted octanol–water partition coefficient (Wildman–Crippen LogP) is 14.9. The molecular formula is C60H42BN3. The molecule has 10 aromatic carbocycles. The van der Waals surface area contributed by atoms with Crippen LogP contribution in [0.25, 0.3) is 44.5 Å². The Morgan fingerprint density at radius 2 is 0.547 bits per heavy atom. The average Bonchev–Trinajstić information content (AvgIpc) is 3.38. The highest BCUT2D eigenvalue weighted by atomic mass is 15.1. The molecule has 300 valence electrons. The van der Waals surface area contributed by atoms with Crippen LogP contribution < -0.4 is 25.5 Å². The van der Waals surface area contributed by atoms with Crippen molar-refractivity contribution in [1.82, 2.24) is 0 Å². The molecule has 2 aliphatic heterocycles. The summed E-state index contributed by atoms with van der Waals surface area (Å²) < 4.78 is 0. The van der Waals surface area contributed by atoms with E-state index in [1.165, 1.54) is 66.8 Å². The first-order valence-corrected chi connectivity index (χ1v) is 22.0. The van der Waals surface area contributed by atoms with Gasteiger partial charge in [-0.15, -0.1) is 0 Å². The largest absolute Gasteiger partial charge is 0.376 e. The molecule has 0 aliphatic carbocycles. The monoisotopic (exact) mass is 815 g/mol. The molecule has 0 aromatic heterocycles. The van der Waals surface area contributed by atoms with Crippen LogP contribution in [-0.4, -0.2) is 6.85 Å². The minimum absolute atomic E-state index is 0.0478. The molecule has 4 heteroatoms. The van der Waals surface area contributed by atoms with Crippen LogP contribution in [0.15, 0.2) is 255 Å². The van der Waals surface area contributed by atoms with Crippen LogP contribution in [-0.2, 0) is 0 Å². The molecule has 12 rings (SSSR count). The molecule has 2 aliphatic rings. The van der Waals surface area contributed by atoms with Gasteiger partial charge in [-0.2, -0.15) is 0 Å². The maximum absolute atomic E-state index is 2.59. The first kappa shape index (κ1) is 37.4. The number of para-hydroxylation sites is 4. The van der Waals surface area contributed by atoms with E-state index >= 15 is 0 Å². The van der Waals surface area contributed by atoms with Crippen LogP contribution in [0.4, 0.5) is 45.5 Å². The van der Waals surface area contributed by atoms with Gasteiger partial charge in [0.15, 0.2) is 0 Å². The third-order valence-corrected chi connectivity index (χ3v) is 12.8. The van der Waals surface area contributed by atoms with Gasteiger partial charge in [0, 0.05) is 56.6 Å². The van der Waals surface area contributed by atoms with Crippen molar-refractivity contribution in [3.8, 4) is 44.5 Å². The van der Waals surface area contributed by atoms with Crippen molar-refractivity contribution < 1.29 is 0 Å². The topological polar surface area (TPSA) is 9.72 Å². The van der Waals surface area contributed by atoms with Crippen molar-refractivity contribution >= 4 is 63.3 Å². The summed E-state index contributed by atoms with van der Waals surface area (Å²) in [5, 5.41) is 0. The average molecular weight is 816 g/mol. The van der Waals surface area contributed by atoms with Crippen LogP contribution in [0, 0.1) is 0 Å². The molecule has 0 saturated carbocycles. The number of fused-ring (bicyclic) bond motifs is 11. The first-order valence-electron chi connectivity index (χ1n) is 22.0. The zero-order valence-corrected chi connectivity index (χ0v) is 35.2. The highest BCUT2D eigenvalue weighted by Gasteiger charge is 2.42. The minimum Gasteiger partial charge on any atom is -0.376 e. The highest BCUT2D eigenvalue weighted by Crippen LogP contribution is 2.48. The van der Waals surface area contributed by atoms with Crippen molar-refractivity contribution in [3.05, 3.63) is 255 Å². The Balaban J connectivity index is 0.924. The highest BCUT2D eigenvalue weighted by molar-refractivity contribution is 6.92. The molecule has 0 spiro atoms. The van der Waals surface area contributed by atoms with Crippen LogP contribution in [0.5, 0.6) is 0 Å². The lowest BCUT2D eigenvalue weighted by atomic mass is 9.43. The van der Waals surface area contributed by atoms with Crippen molar-refractivity contribution in [1.29, 1.82) is 0 Å². The normalized spacial score (nSPS) is 12.0.